The van der Waals surface area contributed by atoms with E-state index in [1.54, 1.807) is 0 Å². The van der Waals surface area contributed by atoms with Gasteiger partial charge >= 0.3 is 0 Å². The van der Waals surface area contributed by atoms with Crippen molar-refractivity contribution < 1.29 is 0 Å². The third-order valence-corrected chi connectivity index (χ3v) is 7.53. The molecule has 3 aliphatic heterocycles. The molecular formula is C20H31ClN4S. The monoisotopic (exact) mass is 394 g/mol. The van der Waals surface area contributed by atoms with Crippen LogP contribution in [0.1, 0.15) is 25.7 Å². The molecule has 0 saturated carbocycles. The molecule has 0 aromatic heterocycles. The van der Waals surface area contributed by atoms with Gasteiger partial charge < -0.3 is 5.32 Å². The van der Waals surface area contributed by atoms with Crippen molar-refractivity contribution in [2.75, 3.05) is 45.8 Å². The maximum absolute atomic E-state index is 6.47. The van der Waals surface area contributed by atoms with E-state index in [9.17, 15) is 0 Å². The molecule has 6 heteroatoms. The van der Waals surface area contributed by atoms with Crippen molar-refractivity contribution in [3.8, 4) is 0 Å². The molecule has 4 rings (SSSR count). The summed E-state index contributed by atoms with van der Waals surface area (Å²) in [4.78, 5) is 7.96. The highest BCUT2D eigenvalue weighted by molar-refractivity contribution is 8.02. The molecule has 0 spiro atoms. The minimum absolute atomic E-state index is 0.200. The highest BCUT2D eigenvalue weighted by Crippen LogP contribution is 2.25. The Morgan fingerprint density at radius 1 is 1.08 bits per heavy atom. The first-order valence-electron chi connectivity index (χ1n) is 10.1. The van der Waals surface area contributed by atoms with Gasteiger partial charge in [-0.05, 0) is 56.3 Å². The lowest BCUT2D eigenvalue weighted by molar-refractivity contribution is 0.114. The Bertz CT molecular complexity index is 548. The first kappa shape index (κ1) is 18.9. The molecule has 2 saturated heterocycles. The fraction of sp³-hybridized carbons (Fsp3) is 0.700. The first-order chi connectivity index (χ1) is 12.8. The molecule has 4 aliphatic rings. The van der Waals surface area contributed by atoms with Crippen molar-refractivity contribution >= 4 is 23.4 Å². The zero-order valence-electron chi connectivity index (χ0n) is 15.5. The van der Waals surface area contributed by atoms with Crippen LogP contribution in [0.5, 0.6) is 0 Å². The predicted molar refractivity (Wildman–Crippen MR) is 112 cm³/mol. The molecule has 144 valence electrons. The number of piperidine rings is 1. The van der Waals surface area contributed by atoms with Gasteiger partial charge in [-0.25, -0.2) is 0 Å². The number of nitrogens with one attached hydrogen (secondary N) is 1. The molecule has 0 aromatic rings. The van der Waals surface area contributed by atoms with Gasteiger partial charge in [0.25, 0.3) is 0 Å². The van der Waals surface area contributed by atoms with E-state index in [0.29, 0.717) is 5.50 Å². The number of thioether (sulfide) groups is 1. The molecule has 0 bridgehead atoms. The van der Waals surface area contributed by atoms with Crippen LogP contribution in [-0.4, -0.2) is 77.4 Å². The third kappa shape index (κ3) is 4.68. The fourth-order valence-corrected chi connectivity index (χ4v) is 5.61. The summed E-state index contributed by atoms with van der Waals surface area (Å²) < 4.78 is 0. The lowest BCUT2D eigenvalue weighted by atomic mass is 9.99. The molecular weight excluding hydrogens is 364 g/mol. The van der Waals surface area contributed by atoms with Crippen LogP contribution in [-0.2, 0) is 0 Å². The van der Waals surface area contributed by atoms with E-state index in [1.807, 2.05) is 11.8 Å². The van der Waals surface area contributed by atoms with Crippen molar-refractivity contribution in [2.45, 2.75) is 42.6 Å². The molecule has 2 unspecified atom stereocenters. The van der Waals surface area contributed by atoms with Gasteiger partial charge in [-0.3, -0.25) is 14.7 Å². The molecule has 1 aliphatic carbocycles. The van der Waals surface area contributed by atoms with E-state index in [4.69, 9.17) is 11.6 Å². The molecule has 26 heavy (non-hydrogen) atoms. The Morgan fingerprint density at radius 3 is 2.65 bits per heavy atom. The number of halogens is 1. The van der Waals surface area contributed by atoms with Gasteiger partial charge in [-0.15, -0.1) is 11.6 Å². The van der Waals surface area contributed by atoms with Gasteiger partial charge in [0.2, 0.25) is 0 Å². The normalized spacial score (nSPS) is 32.4. The summed E-state index contributed by atoms with van der Waals surface area (Å²) in [5.41, 5.74) is 1.85. The molecule has 2 fully saturated rings. The molecule has 0 aromatic carbocycles. The highest BCUT2D eigenvalue weighted by Gasteiger charge is 2.29. The Balaban J connectivity index is 1.23. The summed E-state index contributed by atoms with van der Waals surface area (Å²) in [6.45, 7) is 8.32. The van der Waals surface area contributed by atoms with E-state index in [-0.39, 0.29) is 5.38 Å². The minimum Gasteiger partial charge on any atom is -0.366 e. The van der Waals surface area contributed by atoms with Crippen LogP contribution in [0, 0.1) is 0 Å². The number of alkyl halides is 1. The van der Waals surface area contributed by atoms with Gasteiger partial charge in [-0.2, -0.15) is 0 Å². The number of hydrogen-bond acceptors (Lipinski definition) is 5. The van der Waals surface area contributed by atoms with E-state index in [1.165, 1.54) is 64.1 Å². The average Bonchev–Trinajstić information content (AvgIpc) is 3.09. The molecule has 2 atom stereocenters. The SMILES string of the molecule is ClC1CC=CC=C1CN1CCC(N2CCCN(C3NC=CS3)CC2)CC1. The van der Waals surface area contributed by atoms with Crippen LogP contribution in [0.15, 0.2) is 35.4 Å². The first-order valence-corrected chi connectivity index (χ1v) is 11.4. The second kappa shape index (κ2) is 9.16. The summed E-state index contributed by atoms with van der Waals surface area (Å²) in [5.74, 6) is 0. The lowest BCUT2D eigenvalue weighted by Crippen LogP contribution is -2.47. The summed E-state index contributed by atoms with van der Waals surface area (Å²) in [7, 11) is 0. The van der Waals surface area contributed by atoms with Crippen LogP contribution in [0.25, 0.3) is 0 Å². The zero-order valence-corrected chi connectivity index (χ0v) is 17.1. The van der Waals surface area contributed by atoms with Crippen LogP contribution < -0.4 is 5.32 Å². The molecule has 1 N–H and O–H groups in total. The Hall–Kier alpha value is -0.460. The van der Waals surface area contributed by atoms with Gasteiger partial charge in [0.15, 0.2) is 0 Å². The lowest BCUT2D eigenvalue weighted by Gasteiger charge is -2.39. The van der Waals surface area contributed by atoms with Gasteiger partial charge in [0, 0.05) is 38.4 Å². The average molecular weight is 395 g/mol. The fourth-order valence-electron chi connectivity index (χ4n) is 4.52. The quantitative estimate of drug-likeness (QED) is 0.738. The number of hydrogen-bond donors (Lipinski definition) is 1. The number of nitrogens with zero attached hydrogens (tertiary/aromatic N) is 3. The minimum atomic E-state index is 0.200. The third-order valence-electron chi connectivity index (χ3n) is 6.08. The van der Waals surface area contributed by atoms with Crippen LogP contribution in [0.4, 0.5) is 0 Å². The van der Waals surface area contributed by atoms with E-state index in [0.717, 1.165) is 19.0 Å². The summed E-state index contributed by atoms with van der Waals surface area (Å²) in [6.07, 6.45) is 13.5. The topological polar surface area (TPSA) is 21.8 Å². The summed E-state index contributed by atoms with van der Waals surface area (Å²) in [5, 5.41) is 5.83. The highest BCUT2D eigenvalue weighted by atomic mass is 35.5. The van der Waals surface area contributed by atoms with Crippen molar-refractivity contribution in [2.24, 2.45) is 0 Å². The van der Waals surface area contributed by atoms with Crippen LogP contribution >= 0.6 is 23.4 Å². The number of likely N-dealkylation sites (tertiary alicyclic amines) is 1. The summed E-state index contributed by atoms with van der Waals surface area (Å²) >= 11 is 8.37. The maximum Gasteiger partial charge on any atom is 0.131 e. The van der Waals surface area contributed by atoms with Crippen LogP contribution in [0.2, 0.25) is 0 Å². The van der Waals surface area contributed by atoms with Crippen molar-refractivity contribution in [1.82, 2.24) is 20.0 Å². The largest absolute Gasteiger partial charge is 0.366 e. The number of rotatable bonds is 4. The molecule has 4 nitrogen and oxygen atoms in total. The Labute approximate surface area is 167 Å². The maximum atomic E-state index is 6.47. The summed E-state index contributed by atoms with van der Waals surface area (Å²) in [6, 6.07) is 0.764. The van der Waals surface area contributed by atoms with Crippen LogP contribution in [0.3, 0.4) is 0 Å². The van der Waals surface area contributed by atoms with Gasteiger partial charge in [-0.1, -0.05) is 30.0 Å². The van der Waals surface area contributed by atoms with Crippen molar-refractivity contribution in [3.63, 3.8) is 0 Å². The van der Waals surface area contributed by atoms with E-state index in [2.05, 4.69) is 49.9 Å². The zero-order chi connectivity index (χ0) is 17.8. The van der Waals surface area contributed by atoms with Crippen molar-refractivity contribution in [3.05, 3.63) is 35.4 Å². The predicted octanol–water partition coefficient (Wildman–Crippen LogP) is 3.04. The molecule has 3 heterocycles. The van der Waals surface area contributed by atoms with Crippen molar-refractivity contribution in [1.29, 1.82) is 0 Å². The van der Waals surface area contributed by atoms with Gasteiger partial charge in [0.05, 0.1) is 5.38 Å². The van der Waals surface area contributed by atoms with E-state index < -0.39 is 0 Å². The second-order valence-corrected chi connectivity index (χ2v) is 9.28. The van der Waals surface area contributed by atoms with Gasteiger partial charge in [0.1, 0.15) is 5.50 Å². The number of allylic oxidation sites excluding steroid dienone is 3. The Morgan fingerprint density at radius 2 is 1.88 bits per heavy atom. The Kier molecular flexibility index (Phi) is 6.65. The second-order valence-electron chi connectivity index (χ2n) is 7.76. The molecule has 0 amide bonds. The van der Waals surface area contributed by atoms with E-state index >= 15 is 0 Å². The molecule has 0 radical (unpaired) electrons. The standard InChI is InChI=1S/C20H31ClN4S/c21-19-5-2-1-4-17(19)16-23-11-6-18(7-12-23)24-9-3-10-25(14-13-24)20-22-8-15-26-20/h1-2,4,8,15,18-20,22H,3,5-7,9-14,16H2. The smallest absolute Gasteiger partial charge is 0.131 e.